The molecule has 0 aromatic carbocycles. The van der Waals surface area contributed by atoms with Crippen LogP contribution in [-0.4, -0.2) is 24.5 Å². The molecule has 1 aliphatic rings. The van der Waals surface area contributed by atoms with Crippen LogP contribution in [0, 0.1) is 0 Å². The lowest BCUT2D eigenvalue weighted by molar-refractivity contribution is 0.332. The van der Waals surface area contributed by atoms with Gasteiger partial charge in [0.1, 0.15) is 0 Å². The van der Waals surface area contributed by atoms with E-state index in [1.807, 2.05) is 27.7 Å². The van der Waals surface area contributed by atoms with Gasteiger partial charge < -0.3 is 4.90 Å². The van der Waals surface area contributed by atoms with Crippen LogP contribution in [0.15, 0.2) is 0 Å². The van der Waals surface area contributed by atoms with Crippen molar-refractivity contribution in [1.29, 1.82) is 0 Å². The summed E-state index contributed by atoms with van der Waals surface area (Å²) in [6.07, 6.45) is 5.60. The van der Waals surface area contributed by atoms with Crippen molar-refractivity contribution >= 4 is 0 Å². The van der Waals surface area contributed by atoms with Crippen LogP contribution in [0.4, 0.5) is 0 Å². The fraction of sp³-hybridized carbons (Fsp3) is 1.00. The SMILES string of the molecule is CC.CC.CCCCN1CCCC1. The van der Waals surface area contributed by atoms with E-state index in [0.29, 0.717) is 0 Å². The standard InChI is InChI=1S/C8H17N.2C2H6/c1-2-3-6-9-7-4-5-8-9;2*1-2/h2-8H2,1H3;2*1-2H3. The number of unbranched alkanes of at least 4 members (excludes halogenated alkanes) is 1. The van der Waals surface area contributed by atoms with Gasteiger partial charge in [0, 0.05) is 0 Å². The second-order valence-electron chi connectivity index (χ2n) is 2.90. The van der Waals surface area contributed by atoms with E-state index in [2.05, 4.69) is 11.8 Å². The quantitative estimate of drug-likeness (QED) is 0.647. The van der Waals surface area contributed by atoms with Crippen LogP contribution < -0.4 is 0 Å². The fourth-order valence-electron chi connectivity index (χ4n) is 1.39. The van der Waals surface area contributed by atoms with Crippen molar-refractivity contribution in [3.05, 3.63) is 0 Å². The molecule has 0 aromatic rings. The van der Waals surface area contributed by atoms with E-state index in [-0.39, 0.29) is 0 Å². The van der Waals surface area contributed by atoms with E-state index in [1.165, 1.54) is 45.3 Å². The Balaban J connectivity index is 0. The van der Waals surface area contributed by atoms with Crippen molar-refractivity contribution in [3.8, 4) is 0 Å². The van der Waals surface area contributed by atoms with E-state index in [9.17, 15) is 0 Å². The van der Waals surface area contributed by atoms with Crippen molar-refractivity contribution in [2.24, 2.45) is 0 Å². The Bertz CT molecular complexity index is 65.5. The molecule has 0 amide bonds. The minimum absolute atomic E-state index is 1.34. The molecule has 13 heavy (non-hydrogen) atoms. The Labute approximate surface area is 85.5 Å². The number of rotatable bonds is 3. The average molecular weight is 187 g/mol. The normalized spacial score (nSPS) is 15.5. The zero-order valence-electron chi connectivity index (χ0n) is 10.4. The summed E-state index contributed by atoms with van der Waals surface area (Å²) in [4.78, 5) is 2.57. The summed E-state index contributed by atoms with van der Waals surface area (Å²) in [7, 11) is 0. The van der Waals surface area contributed by atoms with E-state index in [1.54, 1.807) is 0 Å². The lowest BCUT2D eigenvalue weighted by atomic mass is 10.3. The summed E-state index contributed by atoms with van der Waals surface area (Å²) in [6.45, 7) is 14.3. The predicted octanol–water partition coefficient (Wildman–Crippen LogP) is 3.93. The third-order valence-electron chi connectivity index (χ3n) is 2.03. The zero-order valence-corrected chi connectivity index (χ0v) is 10.4. The molecular formula is C12H29N. The van der Waals surface area contributed by atoms with Gasteiger partial charge in [-0.15, -0.1) is 0 Å². The van der Waals surface area contributed by atoms with Crippen LogP contribution in [0.25, 0.3) is 0 Å². The van der Waals surface area contributed by atoms with Crippen LogP contribution in [0.2, 0.25) is 0 Å². The van der Waals surface area contributed by atoms with Gasteiger partial charge in [-0.3, -0.25) is 0 Å². The van der Waals surface area contributed by atoms with Crippen LogP contribution in [-0.2, 0) is 0 Å². The third-order valence-corrected chi connectivity index (χ3v) is 2.03. The molecule has 0 spiro atoms. The van der Waals surface area contributed by atoms with E-state index < -0.39 is 0 Å². The maximum absolute atomic E-state index is 2.57. The van der Waals surface area contributed by atoms with Gasteiger partial charge >= 0.3 is 0 Å². The highest BCUT2D eigenvalue weighted by molar-refractivity contribution is 4.64. The molecule has 0 N–H and O–H groups in total. The van der Waals surface area contributed by atoms with Gasteiger partial charge in [-0.2, -0.15) is 0 Å². The molecule has 0 aromatic heterocycles. The van der Waals surface area contributed by atoms with Crippen molar-refractivity contribution in [2.75, 3.05) is 19.6 Å². The number of hydrogen-bond acceptors (Lipinski definition) is 1. The summed E-state index contributed by atoms with van der Waals surface area (Å²) >= 11 is 0. The number of nitrogens with zero attached hydrogens (tertiary/aromatic N) is 1. The lowest BCUT2D eigenvalue weighted by Crippen LogP contribution is -2.19. The monoisotopic (exact) mass is 187 g/mol. The van der Waals surface area contributed by atoms with Crippen LogP contribution in [0.3, 0.4) is 0 Å². The molecule has 1 fully saturated rings. The Morgan fingerprint density at radius 3 is 1.77 bits per heavy atom. The van der Waals surface area contributed by atoms with Gasteiger partial charge in [0.15, 0.2) is 0 Å². The first-order chi connectivity index (χ1) is 6.43. The van der Waals surface area contributed by atoms with E-state index >= 15 is 0 Å². The third kappa shape index (κ3) is 9.88. The van der Waals surface area contributed by atoms with Crippen molar-refractivity contribution in [2.45, 2.75) is 60.3 Å². The molecule has 0 unspecified atom stereocenters. The molecule has 1 heteroatoms. The fourth-order valence-corrected chi connectivity index (χ4v) is 1.39. The van der Waals surface area contributed by atoms with Gasteiger partial charge in [-0.25, -0.2) is 0 Å². The molecule has 0 atom stereocenters. The van der Waals surface area contributed by atoms with Crippen molar-refractivity contribution < 1.29 is 0 Å². The van der Waals surface area contributed by atoms with E-state index in [0.717, 1.165) is 0 Å². The summed E-state index contributed by atoms with van der Waals surface area (Å²) in [5.74, 6) is 0. The minimum Gasteiger partial charge on any atom is -0.303 e. The zero-order chi connectivity index (χ0) is 10.5. The Morgan fingerprint density at radius 2 is 1.38 bits per heavy atom. The van der Waals surface area contributed by atoms with Gasteiger partial charge in [0.05, 0.1) is 0 Å². The van der Waals surface area contributed by atoms with Crippen LogP contribution in [0.5, 0.6) is 0 Å². The average Bonchev–Trinajstić information content (AvgIpc) is 2.73. The molecule has 1 saturated heterocycles. The number of likely N-dealkylation sites (tertiary alicyclic amines) is 1. The highest BCUT2D eigenvalue weighted by atomic mass is 15.1. The van der Waals surface area contributed by atoms with Crippen LogP contribution in [0.1, 0.15) is 60.3 Å². The van der Waals surface area contributed by atoms with Crippen molar-refractivity contribution in [3.63, 3.8) is 0 Å². The Hall–Kier alpha value is -0.0400. The second kappa shape index (κ2) is 14.5. The Morgan fingerprint density at radius 1 is 0.923 bits per heavy atom. The second-order valence-corrected chi connectivity index (χ2v) is 2.90. The predicted molar refractivity (Wildman–Crippen MR) is 63.3 cm³/mol. The summed E-state index contributed by atoms with van der Waals surface area (Å²) < 4.78 is 0. The first-order valence-corrected chi connectivity index (χ1v) is 6.16. The first-order valence-electron chi connectivity index (χ1n) is 6.16. The molecule has 0 bridgehead atoms. The molecule has 0 aliphatic carbocycles. The topological polar surface area (TPSA) is 3.24 Å². The molecule has 1 rings (SSSR count). The van der Waals surface area contributed by atoms with Gasteiger partial charge in [-0.1, -0.05) is 41.0 Å². The summed E-state index contributed by atoms with van der Waals surface area (Å²) in [5.41, 5.74) is 0. The van der Waals surface area contributed by atoms with Gasteiger partial charge in [-0.05, 0) is 38.9 Å². The molecule has 82 valence electrons. The molecule has 0 saturated carbocycles. The molecular weight excluding hydrogens is 158 g/mol. The van der Waals surface area contributed by atoms with Gasteiger partial charge in [0.2, 0.25) is 0 Å². The maximum Gasteiger partial charge on any atom is -0.00183 e. The lowest BCUT2D eigenvalue weighted by Gasteiger charge is -2.12. The van der Waals surface area contributed by atoms with Crippen molar-refractivity contribution in [1.82, 2.24) is 4.90 Å². The summed E-state index contributed by atoms with van der Waals surface area (Å²) in [5, 5.41) is 0. The molecule has 1 nitrogen and oxygen atoms in total. The first kappa shape index (κ1) is 15.4. The Kier molecular flexibility index (Phi) is 17.2. The molecule has 0 radical (unpaired) electrons. The largest absolute Gasteiger partial charge is 0.303 e. The highest BCUT2D eigenvalue weighted by Crippen LogP contribution is 2.07. The molecule has 1 aliphatic heterocycles. The van der Waals surface area contributed by atoms with Crippen LogP contribution >= 0.6 is 0 Å². The highest BCUT2D eigenvalue weighted by Gasteiger charge is 2.08. The number of hydrogen-bond donors (Lipinski definition) is 0. The van der Waals surface area contributed by atoms with Gasteiger partial charge in [0.25, 0.3) is 0 Å². The summed E-state index contributed by atoms with van der Waals surface area (Å²) in [6, 6.07) is 0. The molecule has 1 heterocycles. The minimum atomic E-state index is 1.34. The van der Waals surface area contributed by atoms with E-state index in [4.69, 9.17) is 0 Å². The maximum atomic E-state index is 2.57. The smallest absolute Gasteiger partial charge is 0.00183 e.